The highest BCUT2D eigenvalue weighted by atomic mass is 16.1. The standard InChI is InChI=1S/C11H23N4O/c1-3-14-11(13)15(4-2)8-6-5-7-10(12)9-16/h10H,3-8,12H2,1-2H3,(H2,13,14). The second kappa shape index (κ2) is 9.15. The second-order valence-electron chi connectivity index (χ2n) is 3.63. The fourth-order valence-corrected chi connectivity index (χ4v) is 1.42. The minimum atomic E-state index is -0.447. The van der Waals surface area contributed by atoms with Crippen molar-refractivity contribution in [2.24, 2.45) is 16.5 Å². The molecular formula is C11H23N4O. The number of hydrogen-bond acceptors (Lipinski definition) is 3. The van der Waals surface area contributed by atoms with Crippen LogP contribution < -0.4 is 11.5 Å². The van der Waals surface area contributed by atoms with Crippen LogP contribution in [-0.2, 0) is 4.79 Å². The van der Waals surface area contributed by atoms with Gasteiger partial charge < -0.3 is 16.4 Å². The summed E-state index contributed by atoms with van der Waals surface area (Å²) in [5.41, 5.74) is 11.2. The molecule has 0 amide bonds. The van der Waals surface area contributed by atoms with Crippen molar-refractivity contribution in [1.82, 2.24) is 4.90 Å². The number of carbonyl (C=O) groups excluding carboxylic acids is 1. The third kappa shape index (κ3) is 6.40. The van der Waals surface area contributed by atoms with Crippen LogP contribution in [0.15, 0.2) is 4.99 Å². The van der Waals surface area contributed by atoms with E-state index in [0.29, 0.717) is 18.9 Å². The van der Waals surface area contributed by atoms with Gasteiger partial charge in [0.25, 0.3) is 0 Å². The van der Waals surface area contributed by atoms with Gasteiger partial charge in [0.15, 0.2) is 5.96 Å². The molecule has 0 spiro atoms. The molecule has 5 nitrogen and oxygen atoms in total. The minimum absolute atomic E-state index is 0.447. The Morgan fingerprint density at radius 1 is 1.44 bits per heavy atom. The molecule has 1 atom stereocenters. The maximum Gasteiger partial charge on any atom is 0.216 e. The third-order valence-corrected chi connectivity index (χ3v) is 2.37. The van der Waals surface area contributed by atoms with Gasteiger partial charge in [-0.15, -0.1) is 0 Å². The fraction of sp³-hybridized carbons (Fsp3) is 0.818. The van der Waals surface area contributed by atoms with Crippen LogP contribution >= 0.6 is 0 Å². The van der Waals surface area contributed by atoms with Crippen LogP contribution in [0, 0.1) is 0 Å². The quantitative estimate of drug-likeness (QED) is 0.353. The van der Waals surface area contributed by atoms with Crippen molar-refractivity contribution in [2.75, 3.05) is 19.6 Å². The maximum absolute atomic E-state index is 10.2. The summed E-state index contributed by atoms with van der Waals surface area (Å²) >= 11 is 0. The van der Waals surface area contributed by atoms with Crippen LogP contribution in [0.5, 0.6) is 0 Å². The Morgan fingerprint density at radius 2 is 2.12 bits per heavy atom. The molecule has 0 aliphatic rings. The van der Waals surface area contributed by atoms with Gasteiger partial charge in [0.05, 0.1) is 6.04 Å². The van der Waals surface area contributed by atoms with Gasteiger partial charge in [0.2, 0.25) is 6.29 Å². The molecule has 0 heterocycles. The first-order chi connectivity index (χ1) is 7.65. The average molecular weight is 227 g/mol. The topological polar surface area (TPSA) is 84.7 Å². The lowest BCUT2D eigenvalue weighted by Crippen LogP contribution is -2.38. The number of guanidine groups is 1. The number of nitrogens with zero attached hydrogens (tertiary/aromatic N) is 2. The second-order valence-corrected chi connectivity index (χ2v) is 3.63. The Balaban J connectivity index is 3.79. The Labute approximate surface area is 97.9 Å². The van der Waals surface area contributed by atoms with Crippen LogP contribution in [0.2, 0.25) is 0 Å². The number of aliphatic imine (C=N–C) groups is 1. The SMILES string of the molecule is CCN=C(N)N(CC)CCCCC(N)[C]=O. The Bertz CT molecular complexity index is 218. The first-order valence-electron chi connectivity index (χ1n) is 5.83. The largest absolute Gasteiger partial charge is 0.370 e. The van der Waals surface area contributed by atoms with Crippen LogP contribution in [0.3, 0.4) is 0 Å². The van der Waals surface area contributed by atoms with Crippen molar-refractivity contribution >= 4 is 12.2 Å². The molecule has 0 aromatic carbocycles. The lowest BCUT2D eigenvalue weighted by atomic mass is 10.1. The Morgan fingerprint density at radius 3 is 2.62 bits per heavy atom. The maximum atomic E-state index is 10.2. The lowest BCUT2D eigenvalue weighted by Gasteiger charge is -2.21. The molecule has 1 radical (unpaired) electrons. The third-order valence-electron chi connectivity index (χ3n) is 2.37. The van der Waals surface area contributed by atoms with E-state index in [1.54, 1.807) is 6.29 Å². The summed E-state index contributed by atoms with van der Waals surface area (Å²) in [5, 5.41) is 0. The molecule has 5 heteroatoms. The number of rotatable bonds is 8. The summed E-state index contributed by atoms with van der Waals surface area (Å²) in [5.74, 6) is 0.594. The summed E-state index contributed by atoms with van der Waals surface area (Å²) < 4.78 is 0. The van der Waals surface area contributed by atoms with Gasteiger partial charge in [0.1, 0.15) is 0 Å². The van der Waals surface area contributed by atoms with E-state index in [0.717, 1.165) is 25.9 Å². The zero-order chi connectivity index (χ0) is 12.4. The molecule has 1 unspecified atom stereocenters. The van der Waals surface area contributed by atoms with Crippen LogP contribution in [0.1, 0.15) is 33.1 Å². The zero-order valence-electron chi connectivity index (χ0n) is 10.3. The smallest absolute Gasteiger partial charge is 0.216 e. The minimum Gasteiger partial charge on any atom is -0.370 e. The molecule has 0 saturated carbocycles. The first-order valence-corrected chi connectivity index (χ1v) is 5.83. The Kier molecular flexibility index (Phi) is 8.52. The van der Waals surface area contributed by atoms with E-state index in [-0.39, 0.29) is 0 Å². The fourth-order valence-electron chi connectivity index (χ4n) is 1.42. The summed E-state index contributed by atoms with van der Waals surface area (Å²) in [6.07, 6.45) is 4.33. The molecule has 0 saturated heterocycles. The Hall–Kier alpha value is -1.10. The molecular weight excluding hydrogens is 204 g/mol. The molecule has 0 bridgehead atoms. The van der Waals surface area contributed by atoms with E-state index >= 15 is 0 Å². The predicted molar refractivity (Wildman–Crippen MR) is 66.9 cm³/mol. The summed E-state index contributed by atoms with van der Waals surface area (Å²) in [6.45, 7) is 6.41. The van der Waals surface area contributed by atoms with Crippen molar-refractivity contribution in [3.8, 4) is 0 Å². The van der Waals surface area contributed by atoms with Crippen molar-refractivity contribution < 1.29 is 4.79 Å². The first kappa shape index (κ1) is 14.9. The van der Waals surface area contributed by atoms with Crippen LogP contribution in [-0.4, -0.2) is 42.8 Å². The lowest BCUT2D eigenvalue weighted by molar-refractivity contribution is 0.412. The molecule has 93 valence electrons. The molecule has 0 aliphatic heterocycles. The highest BCUT2D eigenvalue weighted by molar-refractivity contribution is 5.77. The zero-order valence-corrected chi connectivity index (χ0v) is 10.3. The highest BCUT2D eigenvalue weighted by Gasteiger charge is 2.05. The van der Waals surface area contributed by atoms with Crippen molar-refractivity contribution in [3.05, 3.63) is 0 Å². The van der Waals surface area contributed by atoms with E-state index in [2.05, 4.69) is 4.99 Å². The predicted octanol–water partition coefficient (Wildman–Crippen LogP) is 0.250. The van der Waals surface area contributed by atoms with Gasteiger partial charge in [-0.05, 0) is 33.1 Å². The number of nitrogens with two attached hydrogens (primary N) is 2. The van der Waals surface area contributed by atoms with E-state index in [1.165, 1.54) is 0 Å². The summed E-state index contributed by atoms with van der Waals surface area (Å²) in [6, 6.07) is -0.447. The van der Waals surface area contributed by atoms with Crippen LogP contribution in [0.25, 0.3) is 0 Å². The van der Waals surface area contributed by atoms with E-state index in [1.807, 2.05) is 18.7 Å². The van der Waals surface area contributed by atoms with Crippen molar-refractivity contribution in [2.45, 2.75) is 39.2 Å². The van der Waals surface area contributed by atoms with Gasteiger partial charge in [-0.25, -0.2) is 0 Å². The molecule has 4 N–H and O–H groups in total. The van der Waals surface area contributed by atoms with E-state index in [9.17, 15) is 4.79 Å². The van der Waals surface area contributed by atoms with E-state index in [4.69, 9.17) is 11.5 Å². The van der Waals surface area contributed by atoms with Gasteiger partial charge in [0, 0.05) is 19.6 Å². The average Bonchev–Trinajstić information content (AvgIpc) is 2.29. The molecule has 0 fully saturated rings. The molecule has 0 aromatic heterocycles. The van der Waals surface area contributed by atoms with Crippen molar-refractivity contribution in [3.63, 3.8) is 0 Å². The normalized spacial score (nSPS) is 13.6. The van der Waals surface area contributed by atoms with Gasteiger partial charge in [-0.2, -0.15) is 0 Å². The highest BCUT2D eigenvalue weighted by Crippen LogP contribution is 2.00. The number of unbranched alkanes of at least 4 members (excludes halogenated alkanes) is 1. The van der Waals surface area contributed by atoms with Gasteiger partial charge >= 0.3 is 0 Å². The monoisotopic (exact) mass is 227 g/mol. The summed E-state index contributed by atoms with van der Waals surface area (Å²) in [7, 11) is 0. The van der Waals surface area contributed by atoms with Gasteiger partial charge in [-0.1, -0.05) is 0 Å². The molecule has 0 rings (SSSR count). The molecule has 0 aromatic rings. The number of hydrogen-bond donors (Lipinski definition) is 2. The van der Waals surface area contributed by atoms with Crippen LogP contribution in [0.4, 0.5) is 0 Å². The molecule has 0 aliphatic carbocycles. The molecule has 16 heavy (non-hydrogen) atoms. The van der Waals surface area contributed by atoms with E-state index < -0.39 is 6.04 Å². The van der Waals surface area contributed by atoms with Crippen molar-refractivity contribution in [1.29, 1.82) is 0 Å². The summed E-state index contributed by atoms with van der Waals surface area (Å²) in [4.78, 5) is 16.4. The van der Waals surface area contributed by atoms with Gasteiger partial charge in [-0.3, -0.25) is 9.79 Å².